The van der Waals surface area contributed by atoms with E-state index in [0.717, 1.165) is 67.7 Å². The van der Waals surface area contributed by atoms with Crippen LogP contribution in [-0.4, -0.2) is 86.0 Å². The normalized spacial score (nSPS) is 20.4. The maximum Gasteiger partial charge on any atom is 0.258 e. The number of hydrogen-bond acceptors (Lipinski definition) is 8. The lowest BCUT2D eigenvalue weighted by Crippen LogP contribution is -2.44. The zero-order chi connectivity index (χ0) is 32.8. The maximum absolute atomic E-state index is 14.0. The molecule has 2 saturated heterocycles. The highest BCUT2D eigenvalue weighted by Crippen LogP contribution is 2.44. The van der Waals surface area contributed by atoms with Gasteiger partial charge < -0.3 is 25.8 Å². The molecule has 2 aromatic carbocycles. The number of sulfonamides is 1. The highest BCUT2D eigenvalue weighted by atomic mass is 32.2. The first-order valence-corrected chi connectivity index (χ1v) is 16.8. The number of amides is 2. The van der Waals surface area contributed by atoms with E-state index in [1.54, 1.807) is 19.9 Å². The minimum atomic E-state index is -4.34. The van der Waals surface area contributed by atoms with Gasteiger partial charge in [-0.3, -0.25) is 14.7 Å². The van der Waals surface area contributed by atoms with Crippen LogP contribution in [0, 0.1) is 17.6 Å². The van der Waals surface area contributed by atoms with Gasteiger partial charge in [-0.15, -0.1) is 0 Å². The number of likely N-dealkylation sites (N-methyl/N-ethyl adjacent to an activating group) is 1. The molecule has 246 valence electrons. The number of piperazine rings is 1. The van der Waals surface area contributed by atoms with Gasteiger partial charge in [0.2, 0.25) is 15.9 Å². The largest absolute Gasteiger partial charge is 0.369 e. The molecule has 1 aromatic heterocycles. The van der Waals surface area contributed by atoms with Crippen LogP contribution in [0.25, 0.3) is 0 Å². The molecular formula is C31H38F2N8O4S. The standard InChI is InChI=1S/C31H38F2N8O4S/c1-31(2)27-25(18-41(31)46(44,45)23-14-20(32)13-21(33)15-23)28(38-37-27)36-30(43)24-7-6-22(40-11-9-39(3)10-12-40)16-26(24)35-29(42)19-5-4-8-34-17-19/h6-7,13-16,19,34H,4-5,8-12,17-18H2,1-3H3,(H,35,42)(H2,36,37,38,43). The van der Waals surface area contributed by atoms with Crippen molar-refractivity contribution in [3.63, 3.8) is 0 Å². The number of benzene rings is 2. The molecule has 0 saturated carbocycles. The summed E-state index contributed by atoms with van der Waals surface area (Å²) < 4.78 is 56.1. The van der Waals surface area contributed by atoms with Crippen LogP contribution >= 0.6 is 0 Å². The Morgan fingerprint density at radius 2 is 1.74 bits per heavy atom. The molecular weight excluding hydrogens is 618 g/mol. The van der Waals surface area contributed by atoms with Crippen LogP contribution < -0.4 is 20.9 Å². The molecule has 3 aliphatic rings. The van der Waals surface area contributed by atoms with Crippen LogP contribution in [0.15, 0.2) is 41.3 Å². The second-order valence-corrected chi connectivity index (χ2v) is 14.5. The third-order valence-electron chi connectivity index (χ3n) is 9.10. The van der Waals surface area contributed by atoms with Gasteiger partial charge in [0.05, 0.1) is 33.3 Å². The van der Waals surface area contributed by atoms with Gasteiger partial charge in [-0.25, -0.2) is 17.2 Å². The van der Waals surface area contributed by atoms with Gasteiger partial charge in [-0.1, -0.05) is 0 Å². The predicted octanol–water partition coefficient (Wildman–Crippen LogP) is 3.07. The van der Waals surface area contributed by atoms with Gasteiger partial charge in [0, 0.05) is 56.6 Å². The minimum absolute atomic E-state index is 0.119. The fourth-order valence-electron chi connectivity index (χ4n) is 6.36. The molecule has 1 unspecified atom stereocenters. The zero-order valence-electron chi connectivity index (χ0n) is 26.0. The molecule has 3 aromatic rings. The second-order valence-electron chi connectivity index (χ2n) is 12.6. The fraction of sp³-hybridized carbons (Fsp3) is 0.452. The molecule has 3 aliphatic heterocycles. The van der Waals surface area contributed by atoms with Crippen LogP contribution in [0.5, 0.6) is 0 Å². The Bertz CT molecular complexity index is 1750. The summed E-state index contributed by atoms with van der Waals surface area (Å²) in [6.07, 6.45) is 1.63. The van der Waals surface area contributed by atoms with Gasteiger partial charge in [0.1, 0.15) is 11.6 Å². The molecule has 6 rings (SSSR count). The Kier molecular flexibility index (Phi) is 8.61. The SMILES string of the molecule is CN1CCN(c2ccc(C(=O)Nc3n[nH]c4c3CN(S(=O)(=O)c3cc(F)cc(F)c3)C4(C)C)c(NC(=O)C3CCCNC3)c2)CC1. The van der Waals surface area contributed by atoms with Gasteiger partial charge >= 0.3 is 0 Å². The summed E-state index contributed by atoms with van der Waals surface area (Å²) in [7, 11) is -2.28. The molecule has 12 nitrogen and oxygen atoms in total. The summed E-state index contributed by atoms with van der Waals surface area (Å²) in [5.41, 5.74) is 1.17. The van der Waals surface area contributed by atoms with Crippen LogP contribution in [0.2, 0.25) is 0 Å². The fourth-order valence-corrected chi connectivity index (χ4v) is 8.13. The molecule has 4 heterocycles. The number of halogens is 2. The number of hydrogen-bond donors (Lipinski definition) is 4. The average molecular weight is 657 g/mol. The lowest BCUT2D eigenvalue weighted by molar-refractivity contribution is -0.120. The summed E-state index contributed by atoms with van der Waals surface area (Å²) in [6.45, 7) is 7.88. The van der Waals surface area contributed by atoms with Crippen molar-refractivity contribution < 1.29 is 26.8 Å². The number of anilines is 3. The number of carbonyl (C=O) groups is 2. The Hall–Kier alpha value is -3.92. The second kappa shape index (κ2) is 12.4. The first-order valence-electron chi connectivity index (χ1n) is 15.3. The lowest BCUT2D eigenvalue weighted by atomic mass is 9.98. The number of nitrogens with one attached hydrogen (secondary N) is 4. The van der Waals surface area contributed by atoms with Crippen molar-refractivity contribution in [1.29, 1.82) is 0 Å². The molecule has 0 aliphatic carbocycles. The van der Waals surface area contributed by atoms with Gasteiger partial charge in [-0.05, 0) is 70.6 Å². The first kappa shape index (κ1) is 32.0. The predicted molar refractivity (Wildman–Crippen MR) is 169 cm³/mol. The summed E-state index contributed by atoms with van der Waals surface area (Å²) in [5, 5.41) is 16.2. The Labute approximate surface area is 266 Å². The van der Waals surface area contributed by atoms with Crippen molar-refractivity contribution >= 4 is 39.0 Å². The van der Waals surface area contributed by atoms with Crippen molar-refractivity contribution in [3.8, 4) is 0 Å². The molecule has 0 bridgehead atoms. The summed E-state index contributed by atoms with van der Waals surface area (Å²) in [6, 6.07) is 7.49. The monoisotopic (exact) mass is 656 g/mol. The molecule has 4 N–H and O–H groups in total. The van der Waals surface area contributed by atoms with Crippen LogP contribution in [0.4, 0.5) is 26.0 Å². The molecule has 0 spiro atoms. The molecule has 0 radical (unpaired) electrons. The van der Waals surface area contributed by atoms with E-state index in [-0.39, 0.29) is 29.8 Å². The van der Waals surface area contributed by atoms with Crippen molar-refractivity contribution in [2.24, 2.45) is 5.92 Å². The summed E-state index contributed by atoms with van der Waals surface area (Å²) in [4.78, 5) is 31.0. The highest BCUT2D eigenvalue weighted by Gasteiger charge is 2.48. The van der Waals surface area contributed by atoms with E-state index in [1.807, 2.05) is 12.1 Å². The number of piperidine rings is 1. The van der Waals surface area contributed by atoms with E-state index in [1.165, 1.54) is 0 Å². The van der Waals surface area contributed by atoms with Gasteiger partial charge in [0.15, 0.2) is 5.82 Å². The smallest absolute Gasteiger partial charge is 0.258 e. The van der Waals surface area contributed by atoms with Crippen LogP contribution in [0.3, 0.4) is 0 Å². The van der Waals surface area contributed by atoms with Crippen molar-refractivity contribution in [2.45, 2.75) is 43.7 Å². The van der Waals surface area contributed by atoms with Gasteiger partial charge in [-0.2, -0.15) is 9.40 Å². The maximum atomic E-state index is 14.0. The minimum Gasteiger partial charge on any atom is -0.369 e. The van der Waals surface area contributed by atoms with Crippen LogP contribution in [-0.2, 0) is 26.9 Å². The Balaban J connectivity index is 1.27. The number of nitrogens with zero attached hydrogens (tertiary/aromatic N) is 4. The number of rotatable bonds is 7. The van der Waals surface area contributed by atoms with E-state index in [9.17, 15) is 26.8 Å². The molecule has 46 heavy (non-hydrogen) atoms. The Morgan fingerprint density at radius 1 is 1.02 bits per heavy atom. The highest BCUT2D eigenvalue weighted by molar-refractivity contribution is 7.89. The first-order chi connectivity index (χ1) is 21.8. The van der Waals surface area contributed by atoms with Crippen molar-refractivity contribution in [3.05, 3.63) is 64.9 Å². The lowest BCUT2D eigenvalue weighted by Gasteiger charge is -2.34. The number of H-pyrrole nitrogens is 1. The molecule has 2 fully saturated rings. The number of carbonyl (C=O) groups excluding carboxylic acids is 2. The van der Waals surface area contributed by atoms with E-state index < -0.39 is 38.0 Å². The van der Waals surface area contributed by atoms with E-state index in [0.29, 0.717) is 29.6 Å². The van der Waals surface area contributed by atoms with Crippen LogP contribution in [0.1, 0.15) is 48.3 Å². The van der Waals surface area contributed by atoms with Gasteiger partial charge in [0.25, 0.3) is 5.91 Å². The average Bonchev–Trinajstić information content (AvgIpc) is 3.55. The van der Waals surface area contributed by atoms with E-state index in [2.05, 4.69) is 43.0 Å². The topological polar surface area (TPSA) is 143 Å². The summed E-state index contributed by atoms with van der Waals surface area (Å²) in [5.74, 6) is -2.84. The zero-order valence-corrected chi connectivity index (χ0v) is 26.8. The number of aromatic nitrogens is 2. The van der Waals surface area contributed by atoms with E-state index in [4.69, 9.17) is 0 Å². The molecule has 1 atom stereocenters. The van der Waals surface area contributed by atoms with Crippen molar-refractivity contribution in [2.75, 3.05) is 61.8 Å². The number of aromatic amines is 1. The summed E-state index contributed by atoms with van der Waals surface area (Å²) >= 11 is 0. The molecule has 15 heteroatoms. The Morgan fingerprint density at radius 3 is 2.41 bits per heavy atom. The van der Waals surface area contributed by atoms with E-state index >= 15 is 0 Å². The third-order valence-corrected chi connectivity index (χ3v) is 11.1. The number of fused-ring (bicyclic) bond motifs is 1. The quantitative estimate of drug-likeness (QED) is 0.304. The third kappa shape index (κ3) is 6.11. The molecule has 2 amide bonds. The van der Waals surface area contributed by atoms with Crippen molar-refractivity contribution in [1.82, 2.24) is 24.7 Å².